The Bertz CT molecular complexity index is 498. The first-order valence-corrected chi connectivity index (χ1v) is 5.91. The summed E-state index contributed by atoms with van der Waals surface area (Å²) in [5.41, 5.74) is -5.87. The van der Waals surface area contributed by atoms with Crippen molar-refractivity contribution in [1.29, 1.82) is 0 Å². The van der Waals surface area contributed by atoms with Crippen LogP contribution in [0.4, 0.5) is 61.5 Å². The van der Waals surface area contributed by atoms with Gasteiger partial charge in [0.1, 0.15) is 0 Å². The lowest BCUT2D eigenvalue weighted by Gasteiger charge is -2.50. The molecule has 0 spiro atoms. The van der Waals surface area contributed by atoms with Crippen LogP contribution in [-0.2, 0) is 4.74 Å². The molecule has 0 radical (unpaired) electrons. The summed E-state index contributed by atoms with van der Waals surface area (Å²) in [6, 6.07) is 0. The third kappa shape index (κ3) is 2.81. The van der Waals surface area contributed by atoms with Crippen molar-refractivity contribution in [1.82, 2.24) is 0 Å². The molecule has 3 unspecified atom stereocenters. The van der Waals surface area contributed by atoms with Crippen LogP contribution in [0.25, 0.3) is 0 Å². The van der Waals surface area contributed by atoms with Crippen molar-refractivity contribution in [3.05, 3.63) is 0 Å². The lowest BCUT2D eigenvalue weighted by Crippen LogP contribution is -2.81. The second-order valence-electron chi connectivity index (χ2n) is 5.10. The Hall–Kier alpha value is -1.02. The van der Waals surface area contributed by atoms with E-state index in [4.69, 9.17) is 0 Å². The fraction of sp³-hybridized carbons (Fsp3) is 1.00. The number of alkyl halides is 14. The van der Waals surface area contributed by atoms with E-state index in [9.17, 15) is 61.5 Å². The molecule has 1 nitrogen and oxygen atoms in total. The lowest BCUT2D eigenvalue weighted by molar-refractivity contribution is -0.445. The Morgan fingerprint density at radius 2 is 1.24 bits per heavy atom. The molecule has 0 heterocycles. The molecular weight excluding hydrogens is 402 g/mol. The molecule has 3 atom stereocenters. The molecule has 1 fully saturated rings. The van der Waals surface area contributed by atoms with Crippen LogP contribution >= 0.6 is 0 Å². The Balaban J connectivity index is 3.19. The topological polar surface area (TPSA) is 9.23 Å². The SMILES string of the molecule is FC(COCC1(F)C(F)C(F)(F)C(F)(F)C(F)(F)C1(F)F)C(F)(F)F. The van der Waals surface area contributed by atoms with Crippen LogP contribution in [0.3, 0.4) is 0 Å². The minimum Gasteiger partial charge on any atom is -0.374 e. The highest BCUT2D eigenvalue weighted by Gasteiger charge is 2.95. The van der Waals surface area contributed by atoms with E-state index in [0.29, 0.717) is 0 Å². The zero-order valence-corrected chi connectivity index (χ0v) is 11.3. The van der Waals surface area contributed by atoms with Crippen LogP contribution < -0.4 is 0 Å². The van der Waals surface area contributed by atoms with Gasteiger partial charge >= 0.3 is 29.9 Å². The van der Waals surface area contributed by atoms with Crippen molar-refractivity contribution in [2.45, 2.75) is 47.9 Å². The molecule has 0 aliphatic heterocycles. The molecule has 150 valence electrons. The summed E-state index contributed by atoms with van der Waals surface area (Å²) in [7, 11) is 0. The van der Waals surface area contributed by atoms with E-state index in [0.717, 1.165) is 0 Å². The molecule has 0 N–H and O–H groups in total. The van der Waals surface area contributed by atoms with E-state index in [1.54, 1.807) is 0 Å². The molecule has 0 aromatic rings. The molecule has 1 saturated carbocycles. The first-order valence-electron chi connectivity index (χ1n) is 5.91. The predicted molar refractivity (Wildman–Crippen MR) is 50.3 cm³/mol. The Morgan fingerprint density at radius 1 is 0.800 bits per heavy atom. The van der Waals surface area contributed by atoms with Gasteiger partial charge in [-0.2, -0.15) is 48.3 Å². The van der Waals surface area contributed by atoms with E-state index in [-0.39, 0.29) is 0 Å². The van der Waals surface area contributed by atoms with E-state index < -0.39 is 61.1 Å². The normalized spacial score (nSPS) is 34.6. The fourth-order valence-corrected chi connectivity index (χ4v) is 1.84. The number of rotatable bonds is 4. The summed E-state index contributed by atoms with van der Waals surface area (Å²) >= 11 is 0. The first kappa shape index (κ1) is 22.0. The van der Waals surface area contributed by atoms with Gasteiger partial charge in [-0.1, -0.05) is 0 Å². The molecule has 0 aromatic carbocycles. The maximum absolute atomic E-state index is 13.9. The van der Waals surface area contributed by atoms with Crippen molar-refractivity contribution in [3.8, 4) is 0 Å². The molecule has 1 rings (SSSR count). The summed E-state index contributed by atoms with van der Waals surface area (Å²) in [5.74, 6) is -27.7. The molecule has 1 aliphatic carbocycles. The van der Waals surface area contributed by atoms with Gasteiger partial charge in [-0.15, -0.1) is 0 Å². The maximum atomic E-state index is 13.9. The number of halogens is 14. The van der Waals surface area contributed by atoms with Crippen LogP contribution in [0.5, 0.6) is 0 Å². The van der Waals surface area contributed by atoms with Gasteiger partial charge < -0.3 is 4.74 Å². The summed E-state index contributed by atoms with van der Waals surface area (Å²) in [6.07, 6.45) is -15.0. The third-order valence-corrected chi connectivity index (χ3v) is 3.38. The van der Waals surface area contributed by atoms with Crippen molar-refractivity contribution in [2.24, 2.45) is 0 Å². The lowest BCUT2D eigenvalue weighted by atomic mass is 9.74. The van der Waals surface area contributed by atoms with Gasteiger partial charge in [0.15, 0.2) is 0 Å². The average Bonchev–Trinajstić information content (AvgIpc) is 2.43. The summed E-state index contributed by atoms with van der Waals surface area (Å²) in [4.78, 5) is 0. The van der Waals surface area contributed by atoms with Crippen LogP contribution in [0.15, 0.2) is 0 Å². The van der Waals surface area contributed by atoms with E-state index in [1.165, 1.54) is 0 Å². The summed E-state index contributed by atoms with van der Waals surface area (Å²) < 4.78 is 183. The highest BCUT2D eigenvalue weighted by atomic mass is 19.4. The van der Waals surface area contributed by atoms with E-state index in [1.807, 2.05) is 0 Å². The number of hydrogen-bond donors (Lipinski definition) is 0. The van der Waals surface area contributed by atoms with Crippen LogP contribution in [-0.4, -0.2) is 61.1 Å². The highest BCUT2D eigenvalue weighted by molar-refractivity contribution is 5.23. The summed E-state index contributed by atoms with van der Waals surface area (Å²) in [5, 5.41) is 0. The van der Waals surface area contributed by atoms with E-state index >= 15 is 0 Å². The average molecular weight is 408 g/mol. The van der Waals surface area contributed by atoms with Gasteiger partial charge in [-0.05, 0) is 0 Å². The monoisotopic (exact) mass is 408 g/mol. The molecule has 15 heteroatoms. The van der Waals surface area contributed by atoms with Gasteiger partial charge in [0.25, 0.3) is 0 Å². The van der Waals surface area contributed by atoms with Gasteiger partial charge in [0.2, 0.25) is 18.0 Å². The van der Waals surface area contributed by atoms with Gasteiger partial charge in [0, 0.05) is 0 Å². The number of ether oxygens (including phenoxy) is 1. The minimum absolute atomic E-state index is 2.36. The third-order valence-electron chi connectivity index (χ3n) is 3.38. The molecule has 0 amide bonds. The van der Waals surface area contributed by atoms with Crippen LogP contribution in [0.2, 0.25) is 0 Å². The van der Waals surface area contributed by atoms with Crippen LogP contribution in [0, 0.1) is 0 Å². The fourth-order valence-electron chi connectivity index (χ4n) is 1.84. The number of hydrogen-bond acceptors (Lipinski definition) is 1. The van der Waals surface area contributed by atoms with E-state index in [2.05, 4.69) is 4.74 Å². The standard InChI is InChI=1S/C10H6F14O/c11-3(7(16,17)18)1-25-2-5(13)4(12)6(14,15)9(21,22)10(23,24)8(5,19)20/h3-4H,1-2H2. The molecule has 0 aromatic heterocycles. The van der Waals surface area contributed by atoms with Gasteiger partial charge in [-0.25, -0.2) is 13.2 Å². The summed E-state index contributed by atoms with van der Waals surface area (Å²) in [6.45, 7) is -5.33. The molecule has 0 bridgehead atoms. The zero-order valence-electron chi connectivity index (χ0n) is 11.3. The van der Waals surface area contributed by atoms with Crippen molar-refractivity contribution < 1.29 is 66.2 Å². The Kier molecular flexibility index (Phi) is 5.06. The van der Waals surface area contributed by atoms with Crippen molar-refractivity contribution in [3.63, 3.8) is 0 Å². The maximum Gasteiger partial charge on any atom is 0.421 e. The highest BCUT2D eigenvalue weighted by Crippen LogP contribution is 2.64. The first-order chi connectivity index (χ1) is 10.8. The predicted octanol–water partition coefficient (Wildman–Crippen LogP) is 4.50. The molecular formula is C10H6F14O. The zero-order chi connectivity index (χ0) is 20.3. The second kappa shape index (κ2) is 5.74. The minimum atomic E-state index is -7.14. The van der Waals surface area contributed by atoms with Gasteiger partial charge in [0.05, 0.1) is 13.2 Å². The Morgan fingerprint density at radius 3 is 1.64 bits per heavy atom. The molecule has 0 saturated heterocycles. The molecule has 25 heavy (non-hydrogen) atoms. The Labute approximate surface area is 128 Å². The smallest absolute Gasteiger partial charge is 0.374 e. The second-order valence-corrected chi connectivity index (χ2v) is 5.10. The molecule has 1 aliphatic rings. The van der Waals surface area contributed by atoms with Crippen molar-refractivity contribution >= 4 is 0 Å². The largest absolute Gasteiger partial charge is 0.421 e. The van der Waals surface area contributed by atoms with Crippen molar-refractivity contribution in [2.75, 3.05) is 13.2 Å². The van der Waals surface area contributed by atoms with Gasteiger partial charge in [-0.3, -0.25) is 0 Å². The van der Waals surface area contributed by atoms with Crippen LogP contribution in [0.1, 0.15) is 0 Å². The quantitative estimate of drug-likeness (QED) is 0.623.